The predicted molar refractivity (Wildman–Crippen MR) is 58.2 cm³/mol. The number of phenols is 1. The highest BCUT2D eigenvalue weighted by Crippen LogP contribution is 2.25. The lowest BCUT2D eigenvalue weighted by molar-refractivity contribution is 0.475. The Morgan fingerprint density at radius 2 is 1.75 bits per heavy atom. The number of hydrogen-bond donors (Lipinski definition) is 1. The second kappa shape index (κ2) is 4.03. The van der Waals surface area contributed by atoms with Crippen LogP contribution in [0.25, 0.3) is 11.1 Å². The SMILES string of the molecule is N#Cc1ccc(F)c(-c2ccc(O)cc2)c1. The van der Waals surface area contributed by atoms with Crippen LogP contribution in [0.15, 0.2) is 42.5 Å². The third-order valence-corrected chi connectivity index (χ3v) is 2.27. The Balaban J connectivity index is 2.55. The van der Waals surface area contributed by atoms with Crippen LogP contribution in [-0.4, -0.2) is 5.11 Å². The van der Waals surface area contributed by atoms with Gasteiger partial charge in [-0.3, -0.25) is 0 Å². The van der Waals surface area contributed by atoms with Gasteiger partial charge in [0.05, 0.1) is 11.6 Å². The first-order valence-electron chi connectivity index (χ1n) is 4.70. The first kappa shape index (κ1) is 10.2. The summed E-state index contributed by atoms with van der Waals surface area (Å²) in [5, 5.41) is 17.9. The molecule has 0 saturated heterocycles. The maximum atomic E-state index is 13.5. The molecule has 0 aliphatic carbocycles. The molecule has 0 aliphatic rings. The van der Waals surface area contributed by atoms with Crippen molar-refractivity contribution < 1.29 is 9.50 Å². The van der Waals surface area contributed by atoms with E-state index in [1.807, 2.05) is 6.07 Å². The fourth-order valence-corrected chi connectivity index (χ4v) is 1.46. The number of benzene rings is 2. The third-order valence-electron chi connectivity index (χ3n) is 2.27. The minimum absolute atomic E-state index is 0.126. The zero-order valence-corrected chi connectivity index (χ0v) is 8.31. The van der Waals surface area contributed by atoms with E-state index in [2.05, 4.69) is 0 Å². The molecule has 0 unspecified atom stereocenters. The summed E-state index contributed by atoms with van der Waals surface area (Å²) in [5.41, 5.74) is 1.40. The van der Waals surface area contributed by atoms with Crippen molar-refractivity contribution in [1.82, 2.24) is 0 Å². The highest BCUT2D eigenvalue weighted by atomic mass is 19.1. The summed E-state index contributed by atoms with van der Waals surface area (Å²) in [6.07, 6.45) is 0. The average molecular weight is 213 g/mol. The molecule has 0 heterocycles. The van der Waals surface area contributed by atoms with E-state index in [9.17, 15) is 4.39 Å². The summed E-state index contributed by atoms with van der Waals surface area (Å²) < 4.78 is 13.5. The topological polar surface area (TPSA) is 44.0 Å². The van der Waals surface area contributed by atoms with Gasteiger partial charge in [0.2, 0.25) is 0 Å². The molecule has 1 N–H and O–H groups in total. The van der Waals surface area contributed by atoms with Crippen LogP contribution in [0.4, 0.5) is 4.39 Å². The smallest absolute Gasteiger partial charge is 0.131 e. The molecule has 2 aromatic carbocycles. The van der Waals surface area contributed by atoms with Gasteiger partial charge in [0, 0.05) is 5.56 Å². The van der Waals surface area contributed by atoms with Crippen molar-refractivity contribution in [3.8, 4) is 22.9 Å². The highest BCUT2D eigenvalue weighted by Gasteiger charge is 2.06. The number of nitriles is 1. The summed E-state index contributed by atoms with van der Waals surface area (Å²) in [6.45, 7) is 0. The second-order valence-electron chi connectivity index (χ2n) is 3.35. The van der Waals surface area contributed by atoms with Crippen molar-refractivity contribution in [2.24, 2.45) is 0 Å². The maximum Gasteiger partial charge on any atom is 0.131 e. The van der Waals surface area contributed by atoms with E-state index in [0.29, 0.717) is 16.7 Å². The van der Waals surface area contributed by atoms with E-state index >= 15 is 0 Å². The van der Waals surface area contributed by atoms with E-state index in [4.69, 9.17) is 10.4 Å². The fourth-order valence-electron chi connectivity index (χ4n) is 1.46. The van der Waals surface area contributed by atoms with Crippen LogP contribution >= 0.6 is 0 Å². The fraction of sp³-hybridized carbons (Fsp3) is 0. The van der Waals surface area contributed by atoms with Gasteiger partial charge < -0.3 is 5.11 Å². The lowest BCUT2D eigenvalue weighted by Gasteiger charge is -2.03. The number of phenolic OH excluding ortho intramolecular Hbond substituents is 1. The Hall–Kier alpha value is -2.34. The predicted octanol–water partition coefficient (Wildman–Crippen LogP) is 3.07. The minimum Gasteiger partial charge on any atom is -0.508 e. The molecule has 0 radical (unpaired) electrons. The summed E-state index contributed by atoms with van der Waals surface area (Å²) in [4.78, 5) is 0. The summed E-state index contributed by atoms with van der Waals surface area (Å²) in [7, 11) is 0. The number of rotatable bonds is 1. The summed E-state index contributed by atoms with van der Waals surface area (Å²) >= 11 is 0. The van der Waals surface area contributed by atoms with Crippen LogP contribution in [0.1, 0.15) is 5.56 Å². The van der Waals surface area contributed by atoms with E-state index in [1.54, 1.807) is 12.1 Å². The highest BCUT2D eigenvalue weighted by molar-refractivity contribution is 5.66. The molecule has 2 rings (SSSR count). The van der Waals surface area contributed by atoms with Gasteiger partial charge in [0.25, 0.3) is 0 Å². The van der Waals surface area contributed by atoms with Crippen molar-refractivity contribution in [2.45, 2.75) is 0 Å². The van der Waals surface area contributed by atoms with Gasteiger partial charge in [-0.25, -0.2) is 4.39 Å². The normalized spacial score (nSPS) is 9.75. The van der Waals surface area contributed by atoms with Crippen LogP contribution in [-0.2, 0) is 0 Å². The molecule has 0 atom stereocenters. The van der Waals surface area contributed by atoms with Gasteiger partial charge in [0.15, 0.2) is 0 Å². The van der Waals surface area contributed by atoms with Gasteiger partial charge in [-0.1, -0.05) is 12.1 Å². The zero-order chi connectivity index (χ0) is 11.5. The van der Waals surface area contributed by atoms with Gasteiger partial charge in [-0.15, -0.1) is 0 Å². The Bertz CT molecular complexity index is 555. The van der Waals surface area contributed by atoms with Crippen LogP contribution in [0.5, 0.6) is 5.75 Å². The standard InChI is InChI=1S/C13H8FNO/c14-13-6-1-9(8-15)7-12(13)10-2-4-11(16)5-3-10/h1-7,16H. The molecule has 2 aromatic rings. The monoisotopic (exact) mass is 213 g/mol. The zero-order valence-electron chi connectivity index (χ0n) is 8.31. The first-order chi connectivity index (χ1) is 7.70. The van der Waals surface area contributed by atoms with E-state index in [-0.39, 0.29) is 11.6 Å². The average Bonchev–Trinajstić information content (AvgIpc) is 2.31. The van der Waals surface area contributed by atoms with E-state index in [0.717, 1.165) is 0 Å². The Morgan fingerprint density at radius 1 is 1.06 bits per heavy atom. The van der Waals surface area contributed by atoms with Crippen molar-refractivity contribution >= 4 is 0 Å². The van der Waals surface area contributed by atoms with Crippen LogP contribution in [0.2, 0.25) is 0 Å². The molecule has 0 amide bonds. The molecule has 0 aliphatic heterocycles. The van der Waals surface area contributed by atoms with E-state index < -0.39 is 0 Å². The van der Waals surface area contributed by atoms with Crippen LogP contribution < -0.4 is 0 Å². The Labute approximate surface area is 92.2 Å². The van der Waals surface area contributed by atoms with E-state index in [1.165, 1.54) is 30.3 Å². The number of hydrogen-bond acceptors (Lipinski definition) is 2. The molecule has 0 saturated carbocycles. The second-order valence-corrected chi connectivity index (χ2v) is 3.35. The lowest BCUT2D eigenvalue weighted by atomic mass is 10.0. The van der Waals surface area contributed by atoms with Crippen molar-refractivity contribution in [2.75, 3.05) is 0 Å². The molecular weight excluding hydrogens is 205 g/mol. The maximum absolute atomic E-state index is 13.5. The van der Waals surface area contributed by atoms with Crippen LogP contribution in [0, 0.1) is 17.1 Å². The van der Waals surface area contributed by atoms with Gasteiger partial charge in [0.1, 0.15) is 11.6 Å². The largest absolute Gasteiger partial charge is 0.508 e. The summed E-state index contributed by atoms with van der Waals surface area (Å²) in [5.74, 6) is -0.259. The van der Waals surface area contributed by atoms with Gasteiger partial charge in [-0.05, 0) is 35.9 Å². The molecule has 78 valence electrons. The van der Waals surface area contributed by atoms with Crippen molar-refractivity contribution in [3.05, 3.63) is 53.8 Å². The molecule has 16 heavy (non-hydrogen) atoms. The van der Waals surface area contributed by atoms with Gasteiger partial charge >= 0.3 is 0 Å². The first-order valence-corrected chi connectivity index (χ1v) is 4.70. The Morgan fingerprint density at radius 3 is 2.38 bits per heavy atom. The number of halogens is 1. The molecule has 0 spiro atoms. The van der Waals surface area contributed by atoms with Crippen molar-refractivity contribution in [1.29, 1.82) is 5.26 Å². The third kappa shape index (κ3) is 1.86. The molecule has 0 fully saturated rings. The summed E-state index contributed by atoms with van der Waals surface area (Å²) in [6, 6.07) is 12.3. The minimum atomic E-state index is -0.385. The van der Waals surface area contributed by atoms with Crippen molar-refractivity contribution in [3.63, 3.8) is 0 Å². The quantitative estimate of drug-likeness (QED) is 0.791. The molecule has 3 heteroatoms. The molecule has 2 nitrogen and oxygen atoms in total. The molecule has 0 aromatic heterocycles. The Kier molecular flexibility index (Phi) is 2.57. The molecule has 0 bridgehead atoms. The van der Waals surface area contributed by atoms with Crippen LogP contribution in [0.3, 0.4) is 0 Å². The molecular formula is C13H8FNO. The van der Waals surface area contributed by atoms with Gasteiger partial charge in [-0.2, -0.15) is 5.26 Å². The number of nitrogens with zero attached hydrogens (tertiary/aromatic N) is 1. The lowest BCUT2D eigenvalue weighted by Crippen LogP contribution is -1.85. The number of aromatic hydroxyl groups is 1.